The summed E-state index contributed by atoms with van der Waals surface area (Å²) in [5.41, 5.74) is 17.6. The molecule has 0 unspecified atom stereocenters. The fourth-order valence-electron chi connectivity index (χ4n) is 9.13. The Kier molecular flexibility index (Phi) is 6.33. The first-order valence-corrected chi connectivity index (χ1v) is 18.5. The van der Waals surface area contributed by atoms with E-state index in [0.29, 0.717) is 0 Å². The van der Waals surface area contributed by atoms with Crippen LogP contribution in [0.25, 0.3) is 88.4 Å². The minimum absolute atomic E-state index is 0.0663. The van der Waals surface area contributed by atoms with Crippen LogP contribution in [-0.2, 0) is 5.41 Å². The van der Waals surface area contributed by atoms with Crippen molar-refractivity contribution in [3.63, 3.8) is 0 Å². The molecule has 0 atom stereocenters. The third-order valence-corrected chi connectivity index (χ3v) is 11.7. The van der Waals surface area contributed by atoms with Crippen molar-refractivity contribution in [3.05, 3.63) is 193 Å². The molecule has 11 rings (SSSR count). The van der Waals surface area contributed by atoms with Crippen molar-refractivity contribution in [2.45, 2.75) is 19.3 Å². The van der Waals surface area contributed by atoms with Gasteiger partial charge in [-0.25, -0.2) is 0 Å². The van der Waals surface area contributed by atoms with Gasteiger partial charge in [0.05, 0.1) is 22.1 Å². The first-order valence-electron chi connectivity index (χ1n) is 18.5. The molecule has 0 saturated heterocycles. The summed E-state index contributed by atoms with van der Waals surface area (Å²) in [5.74, 6) is 0. The van der Waals surface area contributed by atoms with Gasteiger partial charge in [-0.2, -0.15) is 0 Å². The van der Waals surface area contributed by atoms with E-state index >= 15 is 0 Å². The Morgan fingerprint density at radius 3 is 1.51 bits per heavy atom. The van der Waals surface area contributed by atoms with E-state index in [1.165, 1.54) is 99.5 Å². The van der Waals surface area contributed by atoms with E-state index in [9.17, 15) is 0 Å². The average Bonchev–Trinajstić information content (AvgIpc) is 3.80. The number of aromatic nitrogens is 2. The van der Waals surface area contributed by atoms with Crippen molar-refractivity contribution in [3.8, 4) is 44.8 Å². The van der Waals surface area contributed by atoms with Gasteiger partial charge in [-0.1, -0.05) is 123 Å². The molecule has 0 spiro atoms. The van der Waals surface area contributed by atoms with Gasteiger partial charge < -0.3 is 9.13 Å². The van der Waals surface area contributed by atoms with Crippen molar-refractivity contribution in [1.82, 2.24) is 9.13 Å². The molecule has 0 bridgehead atoms. The van der Waals surface area contributed by atoms with Gasteiger partial charge in [0.15, 0.2) is 0 Å². The maximum Gasteiger partial charge on any atom is 0.0544 e. The highest BCUT2D eigenvalue weighted by atomic mass is 15.0. The highest BCUT2D eigenvalue weighted by Gasteiger charge is 2.36. The number of benzene rings is 8. The van der Waals surface area contributed by atoms with E-state index in [1.54, 1.807) is 0 Å². The molecule has 1 aliphatic rings. The zero-order valence-electron chi connectivity index (χ0n) is 29.7. The van der Waals surface area contributed by atoms with Gasteiger partial charge in [0.25, 0.3) is 0 Å². The molecule has 0 fully saturated rings. The Bertz CT molecular complexity index is 3070. The first kappa shape index (κ1) is 30.0. The van der Waals surface area contributed by atoms with E-state index in [0.717, 1.165) is 0 Å². The van der Waals surface area contributed by atoms with Crippen LogP contribution in [0.3, 0.4) is 0 Å². The fourth-order valence-corrected chi connectivity index (χ4v) is 9.13. The molecule has 0 N–H and O–H groups in total. The molecule has 2 nitrogen and oxygen atoms in total. The predicted molar refractivity (Wildman–Crippen MR) is 224 cm³/mol. The lowest BCUT2D eigenvalue weighted by atomic mass is 9.82. The molecule has 2 heteroatoms. The Balaban J connectivity index is 1.08. The largest absolute Gasteiger partial charge is 0.309 e. The third kappa shape index (κ3) is 4.39. The number of hydrogen-bond donors (Lipinski definition) is 0. The molecule has 0 radical (unpaired) electrons. The van der Waals surface area contributed by atoms with Gasteiger partial charge in [0.2, 0.25) is 0 Å². The minimum Gasteiger partial charge on any atom is -0.309 e. The van der Waals surface area contributed by atoms with Gasteiger partial charge in [0, 0.05) is 38.3 Å². The summed E-state index contributed by atoms with van der Waals surface area (Å²) in [5, 5.41) is 5.09. The standard InChI is InChI=1S/C51H36N2/c1-51(2)45-22-11-9-20-39(45)41-31-44-43-30-36(25-27-49(43)53(50(44)32-46(41)51)38-18-7-4-8-19-38)34-15-13-14-33(28-34)35-24-26-48-42(29-35)40-21-10-12-23-47(40)52(48)37-16-5-3-6-17-37/h3-32H,1-2H3. The van der Waals surface area contributed by atoms with Crippen molar-refractivity contribution in [2.75, 3.05) is 0 Å². The second kappa shape index (κ2) is 11.2. The molecule has 250 valence electrons. The van der Waals surface area contributed by atoms with Gasteiger partial charge in [-0.05, 0) is 117 Å². The van der Waals surface area contributed by atoms with Crippen LogP contribution in [-0.4, -0.2) is 9.13 Å². The molecule has 8 aromatic carbocycles. The van der Waals surface area contributed by atoms with Gasteiger partial charge >= 0.3 is 0 Å². The van der Waals surface area contributed by atoms with Crippen molar-refractivity contribution in [2.24, 2.45) is 0 Å². The summed E-state index contributed by atoms with van der Waals surface area (Å²) < 4.78 is 4.83. The zero-order chi connectivity index (χ0) is 35.3. The highest BCUT2D eigenvalue weighted by molar-refractivity contribution is 6.13. The van der Waals surface area contributed by atoms with Crippen LogP contribution in [0.5, 0.6) is 0 Å². The van der Waals surface area contributed by atoms with Gasteiger partial charge in [0.1, 0.15) is 0 Å². The van der Waals surface area contributed by atoms with Crippen molar-refractivity contribution >= 4 is 43.6 Å². The van der Waals surface area contributed by atoms with Crippen LogP contribution in [0, 0.1) is 0 Å². The van der Waals surface area contributed by atoms with E-state index in [4.69, 9.17) is 0 Å². The van der Waals surface area contributed by atoms with Crippen LogP contribution in [0.1, 0.15) is 25.0 Å². The predicted octanol–water partition coefficient (Wildman–Crippen LogP) is 13.5. The molecule has 0 amide bonds. The smallest absolute Gasteiger partial charge is 0.0544 e. The van der Waals surface area contributed by atoms with Crippen LogP contribution < -0.4 is 0 Å². The SMILES string of the molecule is CC1(C)c2ccccc2-c2cc3c4cc(-c5cccc(-c6ccc7c(c6)c6ccccc6n7-c6ccccc6)c5)ccc4n(-c4ccccc4)c3cc21. The number of nitrogens with zero attached hydrogens (tertiary/aromatic N) is 2. The Morgan fingerprint density at radius 1 is 0.321 bits per heavy atom. The highest BCUT2D eigenvalue weighted by Crippen LogP contribution is 2.51. The topological polar surface area (TPSA) is 9.86 Å². The van der Waals surface area contributed by atoms with Crippen LogP contribution in [0.4, 0.5) is 0 Å². The lowest BCUT2D eigenvalue weighted by Crippen LogP contribution is -2.14. The molecular formula is C51H36N2. The monoisotopic (exact) mass is 676 g/mol. The summed E-state index contributed by atoms with van der Waals surface area (Å²) >= 11 is 0. The van der Waals surface area contributed by atoms with E-state index in [1.807, 2.05) is 0 Å². The number of rotatable bonds is 4. The molecule has 0 saturated carbocycles. The van der Waals surface area contributed by atoms with E-state index in [-0.39, 0.29) is 5.41 Å². The maximum atomic E-state index is 2.46. The van der Waals surface area contributed by atoms with Crippen LogP contribution in [0.2, 0.25) is 0 Å². The molecule has 1 aliphatic carbocycles. The summed E-state index contributed by atoms with van der Waals surface area (Å²) in [7, 11) is 0. The second-order valence-corrected chi connectivity index (χ2v) is 15.0. The average molecular weight is 677 g/mol. The molecular weight excluding hydrogens is 641 g/mol. The number of fused-ring (bicyclic) bond motifs is 9. The van der Waals surface area contributed by atoms with E-state index < -0.39 is 0 Å². The Morgan fingerprint density at radius 2 is 0.830 bits per heavy atom. The normalized spacial score (nSPS) is 13.2. The number of para-hydroxylation sites is 3. The Labute approximate surface area is 308 Å². The second-order valence-electron chi connectivity index (χ2n) is 15.0. The van der Waals surface area contributed by atoms with Crippen LogP contribution in [0.15, 0.2) is 182 Å². The van der Waals surface area contributed by atoms with Crippen molar-refractivity contribution in [1.29, 1.82) is 0 Å². The number of hydrogen-bond acceptors (Lipinski definition) is 0. The quantitative estimate of drug-likeness (QED) is 0.176. The summed E-state index contributed by atoms with van der Waals surface area (Å²) in [6.45, 7) is 4.73. The Hall–Kier alpha value is -6.64. The molecule has 53 heavy (non-hydrogen) atoms. The minimum atomic E-state index is -0.0663. The summed E-state index contributed by atoms with van der Waals surface area (Å²) in [6, 6.07) is 67.1. The van der Waals surface area contributed by atoms with E-state index in [2.05, 4.69) is 205 Å². The third-order valence-electron chi connectivity index (χ3n) is 11.7. The van der Waals surface area contributed by atoms with Crippen molar-refractivity contribution < 1.29 is 0 Å². The molecule has 2 aromatic heterocycles. The lowest BCUT2D eigenvalue weighted by Gasteiger charge is -2.21. The first-order chi connectivity index (χ1) is 26.0. The molecule has 0 aliphatic heterocycles. The van der Waals surface area contributed by atoms with Crippen LogP contribution >= 0.6 is 0 Å². The summed E-state index contributed by atoms with van der Waals surface area (Å²) in [4.78, 5) is 0. The molecule has 2 heterocycles. The van der Waals surface area contributed by atoms with Gasteiger partial charge in [-0.15, -0.1) is 0 Å². The summed E-state index contributed by atoms with van der Waals surface area (Å²) in [6.07, 6.45) is 0. The van der Waals surface area contributed by atoms with Gasteiger partial charge in [-0.3, -0.25) is 0 Å². The fraction of sp³-hybridized carbons (Fsp3) is 0.0588. The maximum absolute atomic E-state index is 2.46. The molecule has 10 aromatic rings. The zero-order valence-corrected chi connectivity index (χ0v) is 29.7. The lowest BCUT2D eigenvalue weighted by molar-refractivity contribution is 0.661.